The fourth-order valence-electron chi connectivity index (χ4n) is 1.81. The van der Waals surface area contributed by atoms with Gasteiger partial charge in [-0.15, -0.1) is 0 Å². The molecule has 1 heteroatoms. The van der Waals surface area contributed by atoms with E-state index in [2.05, 4.69) is 32.6 Å². The second-order valence-electron chi connectivity index (χ2n) is 4.00. The first-order valence-corrected chi connectivity index (χ1v) is 4.92. The molecule has 3 unspecified atom stereocenters. The van der Waals surface area contributed by atoms with Gasteiger partial charge in [-0.3, -0.25) is 4.90 Å². The summed E-state index contributed by atoms with van der Waals surface area (Å²) in [5.41, 5.74) is 0. The van der Waals surface area contributed by atoms with Gasteiger partial charge >= 0.3 is 0 Å². The predicted molar refractivity (Wildman–Crippen MR) is 49.7 cm³/mol. The van der Waals surface area contributed by atoms with E-state index in [1.165, 1.54) is 19.4 Å². The molecule has 0 aromatic carbocycles. The molecule has 0 aliphatic carbocycles. The summed E-state index contributed by atoms with van der Waals surface area (Å²) in [5, 5.41) is 0. The smallest absolute Gasteiger partial charge is 0.00952 e. The van der Waals surface area contributed by atoms with Gasteiger partial charge < -0.3 is 0 Å². The molecule has 0 aromatic rings. The lowest BCUT2D eigenvalue weighted by molar-refractivity contribution is 0.0349. The summed E-state index contributed by atoms with van der Waals surface area (Å²) in [7, 11) is 0. The normalized spacial score (nSPS) is 31.1. The molecule has 1 rings (SSSR count). The molecule has 0 spiro atoms. The van der Waals surface area contributed by atoms with E-state index in [-0.39, 0.29) is 0 Å². The van der Waals surface area contributed by atoms with Crippen LogP contribution in [0.1, 0.15) is 40.5 Å². The maximum atomic E-state index is 2.62. The largest absolute Gasteiger partial charge is 0.298 e. The fourth-order valence-corrected chi connectivity index (χ4v) is 1.81. The first kappa shape index (κ1) is 9.05. The first-order chi connectivity index (χ1) is 5.16. The second kappa shape index (κ2) is 3.57. The van der Waals surface area contributed by atoms with Crippen LogP contribution >= 0.6 is 0 Å². The molecule has 0 bridgehead atoms. The topological polar surface area (TPSA) is 3.24 Å². The number of hydrogen-bond donors (Lipinski definition) is 0. The molecule has 0 N–H and O–H groups in total. The van der Waals surface area contributed by atoms with Gasteiger partial charge in [0.05, 0.1) is 0 Å². The lowest BCUT2D eigenvalue weighted by Crippen LogP contribution is -2.52. The Balaban J connectivity index is 2.34. The Kier molecular flexibility index (Phi) is 2.94. The Hall–Kier alpha value is -0.0400. The highest BCUT2D eigenvalue weighted by Gasteiger charge is 2.29. The quantitative estimate of drug-likeness (QED) is 0.605. The molecule has 0 aromatic heterocycles. The second-order valence-corrected chi connectivity index (χ2v) is 4.00. The third kappa shape index (κ3) is 1.76. The SMILES string of the molecule is CCC(C)C(C)N1CCC1C. The van der Waals surface area contributed by atoms with Crippen molar-refractivity contribution in [2.75, 3.05) is 6.54 Å². The predicted octanol–water partition coefficient (Wildman–Crippen LogP) is 2.52. The zero-order valence-electron chi connectivity index (χ0n) is 8.30. The molecule has 1 aliphatic rings. The van der Waals surface area contributed by atoms with Crippen molar-refractivity contribution in [1.29, 1.82) is 0 Å². The lowest BCUT2D eigenvalue weighted by atomic mass is 9.93. The number of hydrogen-bond acceptors (Lipinski definition) is 1. The molecular weight excluding hydrogens is 134 g/mol. The standard InChI is InChI=1S/C10H21N/c1-5-8(2)10(4)11-7-6-9(11)3/h8-10H,5-7H2,1-4H3. The van der Waals surface area contributed by atoms with Crippen LogP contribution in [-0.4, -0.2) is 23.5 Å². The summed E-state index contributed by atoms with van der Waals surface area (Å²) in [6.45, 7) is 10.7. The molecular formula is C10H21N. The van der Waals surface area contributed by atoms with Crippen molar-refractivity contribution in [3.63, 3.8) is 0 Å². The highest BCUT2D eigenvalue weighted by Crippen LogP contribution is 2.24. The van der Waals surface area contributed by atoms with Gasteiger partial charge in [0, 0.05) is 18.6 Å². The number of likely N-dealkylation sites (tertiary alicyclic amines) is 1. The lowest BCUT2D eigenvalue weighted by Gasteiger charge is -2.45. The van der Waals surface area contributed by atoms with Crippen LogP contribution in [0.3, 0.4) is 0 Å². The zero-order chi connectivity index (χ0) is 8.43. The van der Waals surface area contributed by atoms with Crippen LogP contribution in [0, 0.1) is 5.92 Å². The summed E-state index contributed by atoms with van der Waals surface area (Å²) in [5.74, 6) is 0.859. The van der Waals surface area contributed by atoms with Crippen molar-refractivity contribution in [2.45, 2.75) is 52.6 Å². The van der Waals surface area contributed by atoms with Crippen molar-refractivity contribution < 1.29 is 0 Å². The molecule has 3 atom stereocenters. The fraction of sp³-hybridized carbons (Fsp3) is 1.00. The average Bonchev–Trinajstić information content (AvgIpc) is 2.00. The molecule has 66 valence electrons. The van der Waals surface area contributed by atoms with Crippen LogP contribution in [0.2, 0.25) is 0 Å². The Bertz CT molecular complexity index is 122. The third-order valence-electron chi connectivity index (χ3n) is 3.36. The molecule has 1 heterocycles. The minimum absolute atomic E-state index is 0.795. The maximum absolute atomic E-state index is 2.62. The Morgan fingerprint density at radius 2 is 2.09 bits per heavy atom. The van der Waals surface area contributed by atoms with Crippen LogP contribution < -0.4 is 0 Å². The maximum Gasteiger partial charge on any atom is 0.00952 e. The highest BCUT2D eigenvalue weighted by molar-refractivity contribution is 4.84. The van der Waals surface area contributed by atoms with Crippen LogP contribution in [-0.2, 0) is 0 Å². The first-order valence-electron chi connectivity index (χ1n) is 4.92. The molecule has 1 fully saturated rings. The van der Waals surface area contributed by atoms with Crippen molar-refractivity contribution in [3.8, 4) is 0 Å². The van der Waals surface area contributed by atoms with Gasteiger partial charge in [0.15, 0.2) is 0 Å². The monoisotopic (exact) mass is 155 g/mol. The minimum Gasteiger partial charge on any atom is -0.298 e. The molecule has 0 radical (unpaired) electrons. The van der Waals surface area contributed by atoms with Gasteiger partial charge in [0.2, 0.25) is 0 Å². The number of rotatable bonds is 3. The highest BCUT2D eigenvalue weighted by atomic mass is 15.2. The van der Waals surface area contributed by atoms with Gasteiger partial charge in [0.25, 0.3) is 0 Å². The van der Waals surface area contributed by atoms with Crippen LogP contribution in [0.15, 0.2) is 0 Å². The van der Waals surface area contributed by atoms with Gasteiger partial charge in [-0.2, -0.15) is 0 Å². The van der Waals surface area contributed by atoms with E-state index in [4.69, 9.17) is 0 Å². The van der Waals surface area contributed by atoms with Gasteiger partial charge in [0.1, 0.15) is 0 Å². The number of nitrogens with zero attached hydrogens (tertiary/aromatic N) is 1. The summed E-state index contributed by atoms with van der Waals surface area (Å²) < 4.78 is 0. The van der Waals surface area contributed by atoms with Gasteiger partial charge in [-0.25, -0.2) is 0 Å². The van der Waals surface area contributed by atoms with Crippen molar-refractivity contribution in [2.24, 2.45) is 5.92 Å². The minimum atomic E-state index is 0.795. The summed E-state index contributed by atoms with van der Waals surface area (Å²) in [6, 6.07) is 1.64. The van der Waals surface area contributed by atoms with Crippen LogP contribution in [0.5, 0.6) is 0 Å². The third-order valence-corrected chi connectivity index (χ3v) is 3.36. The van der Waals surface area contributed by atoms with Gasteiger partial charge in [-0.05, 0) is 26.2 Å². The molecule has 0 amide bonds. The summed E-state index contributed by atoms with van der Waals surface area (Å²) in [6.07, 6.45) is 2.71. The van der Waals surface area contributed by atoms with Crippen LogP contribution in [0.25, 0.3) is 0 Å². The Labute approximate surface area is 70.8 Å². The summed E-state index contributed by atoms with van der Waals surface area (Å²) >= 11 is 0. The molecule has 1 aliphatic heterocycles. The van der Waals surface area contributed by atoms with Crippen molar-refractivity contribution in [3.05, 3.63) is 0 Å². The summed E-state index contributed by atoms with van der Waals surface area (Å²) in [4.78, 5) is 2.62. The van der Waals surface area contributed by atoms with E-state index in [1.807, 2.05) is 0 Å². The molecule has 11 heavy (non-hydrogen) atoms. The van der Waals surface area contributed by atoms with E-state index in [9.17, 15) is 0 Å². The van der Waals surface area contributed by atoms with E-state index in [1.54, 1.807) is 0 Å². The zero-order valence-corrected chi connectivity index (χ0v) is 8.30. The Morgan fingerprint density at radius 1 is 1.45 bits per heavy atom. The molecule has 1 nitrogen and oxygen atoms in total. The van der Waals surface area contributed by atoms with E-state index in [0.717, 1.165) is 18.0 Å². The van der Waals surface area contributed by atoms with E-state index >= 15 is 0 Å². The Morgan fingerprint density at radius 3 is 2.36 bits per heavy atom. The van der Waals surface area contributed by atoms with E-state index < -0.39 is 0 Å². The molecule has 1 saturated heterocycles. The van der Waals surface area contributed by atoms with Crippen molar-refractivity contribution >= 4 is 0 Å². The van der Waals surface area contributed by atoms with E-state index in [0.29, 0.717) is 0 Å². The van der Waals surface area contributed by atoms with Crippen molar-refractivity contribution in [1.82, 2.24) is 4.90 Å². The average molecular weight is 155 g/mol. The molecule has 0 saturated carbocycles. The van der Waals surface area contributed by atoms with Gasteiger partial charge in [-0.1, -0.05) is 20.3 Å². The van der Waals surface area contributed by atoms with Crippen LogP contribution in [0.4, 0.5) is 0 Å².